The van der Waals surface area contributed by atoms with Crippen molar-refractivity contribution in [2.45, 2.75) is 39.5 Å². The first kappa shape index (κ1) is 45.8. The molecule has 0 saturated heterocycles. The van der Waals surface area contributed by atoms with Gasteiger partial charge in [0.15, 0.2) is 0 Å². The quantitative estimate of drug-likeness (QED) is 0.0493. The predicted molar refractivity (Wildman–Crippen MR) is 167 cm³/mol. The second-order valence-electron chi connectivity index (χ2n) is 9.06. The Labute approximate surface area is 285 Å². The highest BCUT2D eigenvalue weighted by Gasteiger charge is 2.21. The topological polar surface area (TPSA) is 270 Å². The van der Waals surface area contributed by atoms with E-state index in [-0.39, 0.29) is 62.4 Å². The maximum atomic E-state index is 11.6. The number of aromatic carboxylic acids is 1. The lowest BCUT2D eigenvalue weighted by atomic mass is 10.0. The van der Waals surface area contributed by atoms with Gasteiger partial charge >= 0.3 is 53.7 Å². The molecule has 0 heterocycles. The number of carboxylic acids is 3. The lowest BCUT2D eigenvalue weighted by molar-refractivity contribution is -0.255. The van der Waals surface area contributed by atoms with Gasteiger partial charge in [-0.25, -0.2) is 38.5 Å². The molecule has 0 fully saturated rings. The smallest absolute Gasteiger partial charge is 0.378 e. The molecule has 0 amide bonds. The number of carbonyl (C=O) groups excluding carboxylic acids is 6. The van der Waals surface area contributed by atoms with Gasteiger partial charge < -0.3 is 34.3 Å². The van der Waals surface area contributed by atoms with Crippen molar-refractivity contribution in [2.75, 3.05) is 26.4 Å². The second kappa shape index (κ2) is 26.7. The van der Waals surface area contributed by atoms with E-state index in [2.05, 4.69) is 43.7 Å². The van der Waals surface area contributed by atoms with Crippen LogP contribution in [0, 0.1) is 5.92 Å². The Morgan fingerprint density at radius 1 is 0.740 bits per heavy atom. The summed E-state index contributed by atoms with van der Waals surface area (Å²) in [5, 5.41) is 26.0. The van der Waals surface area contributed by atoms with Crippen LogP contribution in [0.3, 0.4) is 0 Å². The Balaban J connectivity index is 0. The van der Waals surface area contributed by atoms with Crippen molar-refractivity contribution in [1.82, 2.24) is 0 Å². The molecule has 1 aromatic rings. The van der Waals surface area contributed by atoms with Gasteiger partial charge in [-0.3, -0.25) is 14.4 Å². The zero-order chi connectivity index (χ0) is 38.6. The number of carboxylic acid groups (broad SMARTS) is 3. The van der Waals surface area contributed by atoms with E-state index < -0.39 is 66.1 Å². The minimum absolute atomic E-state index is 0.0271. The second-order valence-corrected chi connectivity index (χ2v) is 9.06. The fourth-order valence-corrected chi connectivity index (χ4v) is 2.80. The van der Waals surface area contributed by atoms with Crippen molar-refractivity contribution in [3.8, 4) is 0 Å². The number of carbonyl (C=O) groups is 9. The third-order valence-electron chi connectivity index (χ3n) is 5.15. The molecule has 1 rings (SSSR count). The zero-order valence-electron chi connectivity index (χ0n) is 27.3. The Bertz CT molecular complexity index is 1390. The van der Waals surface area contributed by atoms with Crippen molar-refractivity contribution in [3.63, 3.8) is 0 Å². The number of hydrogen-bond donors (Lipinski definition) is 3. The molecule has 18 nitrogen and oxygen atoms in total. The largest absolute Gasteiger partial charge is 0.481 e. The molecule has 0 saturated carbocycles. The van der Waals surface area contributed by atoms with Crippen molar-refractivity contribution >= 4 is 53.7 Å². The van der Waals surface area contributed by atoms with Crippen molar-refractivity contribution in [2.24, 2.45) is 5.92 Å². The molecule has 1 aromatic carbocycles. The molecule has 0 aliphatic carbocycles. The highest BCUT2D eigenvalue weighted by atomic mass is 17.2. The molecular formula is C32H38O18. The molecule has 0 bridgehead atoms. The third-order valence-corrected chi connectivity index (χ3v) is 5.15. The molecule has 0 radical (unpaired) electrons. The summed E-state index contributed by atoms with van der Waals surface area (Å²) in [5.41, 5.74) is 0.0192. The molecule has 1 unspecified atom stereocenters. The van der Waals surface area contributed by atoms with Crippen molar-refractivity contribution in [1.29, 1.82) is 0 Å². The van der Waals surface area contributed by atoms with Gasteiger partial charge in [0.25, 0.3) is 0 Å². The zero-order valence-corrected chi connectivity index (χ0v) is 27.3. The van der Waals surface area contributed by atoms with Gasteiger partial charge in [0.05, 0.1) is 49.5 Å². The molecule has 18 heteroatoms. The minimum Gasteiger partial charge on any atom is -0.481 e. The molecule has 1 atom stereocenters. The van der Waals surface area contributed by atoms with Crippen LogP contribution in [0.25, 0.3) is 0 Å². The van der Waals surface area contributed by atoms with E-state index >= 15 is 0 Å². The van der Waals surface area contributed by atoms with E-state index in [1.807, 2.05) is 0 Å². The van der Waals surface area contributed by atoms with E-state index in [0.717, 1.165) is 12.2 Å². The van der Waals surface area contributed by atoms with Crippen molar-refractivity contribution in [3.05, 3.63) is 72.9 Å². The van der Waals surface area contributed by atoms with Gasteiger partial charge in [-0.1, -0.05) is 31.9 Å². The van der Waals surface area contributed by atoms with Crippen LogP contribution >= 0.6 is 0 Å². The fraction of sp³-hybridized carbons (Fsp3) is 0.344. The summed E-state index contributed by atoms with van der Waals surface area (Å²) in [6.45, 7) is 12.6. The number of ether oxygens (including phenoxy) is 4. The van der Waals surface area contributed by atoms with E-state index in [0.29, 0.717) is 0 Å². The molecular weight excluding hydrogens is 672 g/mol. The average Bonchev–Trinajstić information content (AvgIpc) is 3.07. The molecule has 0 spiro atoms. The number of aliphatic carboxylic acids is 2. The van der Waals surface area contributed by atoms with Crippen LogP contribution in [0.1, 0.15) is 60.2 Å². The third kappa shape index (κ3) is 23.1. The van der Waals surface area contributed by atoms with Gasteiger partial charge in [-0.15, -0.1) is 0 Å². The van der Waals surface area contributed by atoms with Gasteiger partial charge in [0.2, 0.25) is 0 Å². The van der Waals surface area contributed by atoms with E-state index in [4.69, 9.17) is 20.1 Å². The van der Waals surface area contributed by atoms with Crippen LogP contribution in [0.5, 0.6) is 0 Å². The number of esters is 4. The highest BCUT2D eigenvalue weighted by molar-refractivity contribution is 6.02. The molecule has 0 aromatic heterocycles. The maximum Gasteiger partial charge on any atom is 0.378 e. The summed E-state index contributed by atoms with van der Waals surface area (Å²) in [7, 11) is 0. The number of rotatable bonds is 18. The molecule has 0 aliphatic heterocycles. The highest BCUT2D eigenvalue weighted by Crippen LogP contribution is 2.11. The minimum atomic E-state index is -1.22. The molecule has 0 aliphatic rings. The van der Waals surface area contributed by atoms with E-state index in [1.165, 1.54) is 31.2 Å². The van der Waals surface area contributed by atoms with Crippen molar-refractivity contribution < 1.29 is 87.2 Å². The first-order chi connectivity index (χ1) is 23.5. The first-order valence-corrected chi connectivity index (χ1v) is 14.3. The van der Waals surface area contributed by atoms with Crippen LogP contribution in [0.2, 0.25) is 0 Å². The van der Waals surface area contributed by atoms with Gasteiger partial charge in [0.1, 0.15) is 13.2 Å². The van der Waals surface area contributed by atoms with E-state index in [1.54, 1.807) is 6.92 Å². The van der Waals surface area contributed by atoms with Gasteiger partial charge in [-0.2, -0.15) is 0 Å². The Morgan fingerprint density at radius 2 is 1.30 bits per heavy atom. The predicted octanol–water partition coefficient (Wildman–Crippen LogP) is 2.46. The Kier molecular flexibility index (Phi) is 24.5. The fourth-order valence-electron chi connectivity index (χ4n) is 2.80. The molecule has 3 N–H and O–H groups in total. The summed E-state index contributed by atoms with van der Waals surface area (Å²) in [6.07, 6.45) is 1.00. The lowest BCUT2D eigenvalue weighted by Gasteiger charge is -2.09. The van der Waals surface area contributed by atoms with Crippen LogP contribution in [-0.2, 0) is 62.3 Å². The summed E-state index contributed by atoms with van der Waals surface area (Å²) in [5.74, 6) is -8.90. The van der Waals surface area contributed by atoms with Crippen LogP contribution in [0.4, 0.5) is 0 Å². The lowest BCUT2D eigenvalue weighted by Crippen LogP contribution is -2.20. The first-order valence-electron chi connectivity index (χ1n) is 14.3. The average molecular weight is 711 g/mol. The van der Waals surface area contributed by atoms with Crippen LogP contribution in [0.15, 0.2) is 61.7 Å². The summed E-state index contributed by atoms with van der Waals surface area (Å²) >= 11 is 0. The SMILES string of the molecule is C=C(C)C(=O)OCCC(CC(=O)O)C(=O)O.C=CC(=O)OCCOC(=O)c1ccccc1C(=O)O.C=CC(=O)OOC(=O)CCC(=O)OCC. The molecule has 274 valence electrons. The van der Waals surface area contributed by atoms with E-state index in [9.17, 15) is 43.2 Å². The summed E-state index contributed by atoms with van der Waals surface area (Å²) < 4.78 is 18.6. The van der Waals surface area contributed by atoms with Gasteiger partial charge in [0, 0.05) is 17.7 Å². The Hall–Kier alpha value is -6.33. The van der Waals surface area contributed by atoms with Gasteiger partial charge in [-0.05, 0) is 32.4 Å². The summed E-state index contributed by atoms with van der Waals surface area (Å²) in [6, 6.07) is 5.69. The number of benzene rings is 1. The normalized spacial score (nSPS) is 9.96. The standard InChI is InChI=1S/C13H12O6.C10H14O6.C9H12O6/c1-2-11(14)18-7-8-19-13(17)10-6-4-3-5-9(10)12(15)16;1-6(2)10(15)16-4-3-7(9(13)14)5-8(11)12;1-3-7(10)14-15-9(12)6-5-8(11)13-4-2/h2-6H,1,7-8H2,(H,15,16);7H,1,3-5H2,2H3,(H,11,12)(H,13,14);3H,1,4-6H2,2H3. The molecule has 50 heavy (non-hydrogen) atoms. The monoisotopic (exact) mass is 710 g/mol. The Morgan fingerprint density at radius 3 is 1.80 bits per heavy atom. The number of hydrogen-bond acceptors (Lipinski definition) is 15. The van der Waals surface area contributed by atoms with Crippen LogP contribution in [-0.4, -0.2) is 95.5 Å². The van der Waals surface area contributed by atoms with Crippen LogP contribution < -0.4 is 0 Å². The summed E-state index contributed by atoms with van der Waals surface area (Å²) in [4.78, 5) is 105. The maximum absolute atomic E-state index is 11.6.